The molecule has 1 aromatic heterocycles. The van der Waals surface area contributed by atoms with Crippen molar-refractivity contribution in [2.45, 2.75) is 19.3 Å². The van der Waals surface area contributed by atoms with Crippen molar-refractivity contribution in [2.24, 2.45) is 12.8 Å². The van der Waals surface area contributed by atoms with Crippen molar-refractivity contribution in [1.29, 1.82) is 0 Å². The van der Waals surface area contributed by atoms with Crippen LogP contribution < -0.4 is 5.73 Å². The SMILES string of the molecule is Cc1c(C(CN)Cc2ccc(Cl)cc2Cl)c2ccccc2n1C. The van der Waals surface area contributed by atoms with Gasteiger partial charge in [0.2, 0.25) is 0 Å². The molecule has 0 aliphatic heterocycles. The number of fused-ring (bicyclic) bond motifs is 1. The van der Waals surface area contributed by atoms with Crippen molar-refractivity contribution in [3.8, 4) is 0 Å². The number of benzene rings is 2. The number of hydrogen-bond acceptors (Lipinski definition) is 1. The van der Waals surface area contributed by atoms with Crippen LogP contribution in [0.1, 0.15) is 22.7 Å². The summed E-state index contributed by atoms with van der Waals surface area (Å²) in [5.74, 6) is 0.222. The molecule has 0 saturated carbocycles. The monoisotopic (exact) mass is 346 g/mol. The standard InChI is InChI=1S/C19H20Cl2N2/c1-12-19(16-5-3-4-6-18(16)23(12)2)14(11-22)9-13-7-8-15(20)10-17(13)21/h3-8,10,14H,9,11,22H2,1-2H3. The lowest BCUT2D eigenvalue weighted by Crippen LogP contribution is -2.16. The Morgan fingerprint density at radius 2 is 1.87 bits per heavy atom. The van der Waals surface area contributed by atoms with Crippen LogP contribution in [-0.4, -0.2) is 11.1 Å². The lowest BCUT2D eigenvalue weighted by molar-refractivity contribution is 0.688. The number of rotatable bonds is 4. The van der Waals surface area contributed by atoms with Gasteiger partial charge in [-0.3, -0.25) is 0 Å². The molecule has 23 heavy (non-hydrogen) atoms. The van der Waals surface area contributed by atoms with E-state index in [0.29, 0.717) is 16.6 Å². The zero-order valence-electron chi connectivity index (χ0n) is 13.3. The summed E-state index contributed by atoms with van der Waals surface area (Å²) in [5, 5.41) is 2.63. The molecule has 2 nitrogen and oxygen atoms in total. The van der Waals surface area contributed by atoms with Gasteiger partial charge in [-0.25, -0.2) is 0 Å². The molecule has 1 atom stereocenters. The van der Waals surface area contributed by atoms with Gasteiger partial charge in [0.25, 0.3) is 0 Å². The number of aromatic nitrogens is 1. The summed E-state index contributed by atoms with van der Waals surface area (Å²) in [5.41, 5.74) is 11.0. The van der Waals surface area contributed by atoms with Crippen molar-refractivity contribution >= 4 is 34.1 Å². The van der Waals surface area contributed by atoms with Gasteiger partial charge >= 0.3 is 0 Å². The molecule has 0 aliphatic rings. The van der Waals surface area contributed by atoms with Crippen LogP contribution in [0.4, 0.5) is 0 Å². The maximum Gasteiger partial charge on any atom is 0.0482 e. The molecule has 3 aromatic rings. The molecule has 0 bridgehead atoms. The minimum absolute atomic E-state index is 0.222. The van der Waals surface area contributed by atoms with Crippen LogP contribution in [0.25, 0.3) is 10.9 Å². The molecule has 1 heterocycles. The van der Waals surface area contributed by atoms with Gasteiger partial charge in [0.05, 0.1) is 0 Å². The van der Waals surface area contributed by atoms with Gasteiger partial charge in [-0.05, 0) is 49.2 Å². The molecular weight excluding hydrogens is 327 g/mol. The van der Waals surface area contributed by atoms with Crippen LogP contribution in [0, 0.1) is 6.92 Å². The molecule has 0 amide bonds. The van der Waals surface area contributed by atoms with Crippen LogP contribution in [0.2, 0.25) is 10.0 Å². The molecule has 0 saturated heterocycles. The predicted octanol–water partition coefficient (Wildman–Crippen LogP) is 5.08. The van der Waals surface area contributed by atoms with Crippen molar-refractivity contribution < 1.29 is 0 Å². The molecule has 2 aromatic carbocycles. The third kappa shape index (κ3) is 2.99. The van der Waals surface area contributed by atoms with Crippen LogP contribution in [0.3, 0.4) is 0 Å². The fraction of sp³-hybridized carbons (Fsp3) is 0.263. The van der Waals surface area contributed by atoms with Gasteiger partial charge in [0.15, 0.2) is 0 Å². The van der Waals surface area contributed by atoms with Crippen molar-refractivity contribution in [3.05, 3.63) is 69.3 Å². The Labute approximate surface area is 146 Å². The second-order valence-electron chi connectivity index (χ2n) is 5.95. The highest BCUT2D eigenvalue weighted by Gasteiger charge is 2.20. The van der Waals surface area contributed by atoms with Gasteiger partial charge < -0.3 is 10.3 Å². The highest BCUT2D eigenvalue weighted by atomic mass is 35.5. The number of nitrogens with two attached hydrogens (primary N) is 1. The zero-order valence-corrected chi connectivity index (χ0v) is 14.8. The van der Waals surface area contributed by atoms with E-state index in [2.05, 4.69) is 42.8 Å². The Balaban J connectivity index is 2.06. The quantitative estimate of drug-likeness (QED) is 0.701. The van der Waals surface area contributed by atoms with E-state index in [-0.39, 0.29) is 5.92 Å². The average Bonchev–Trinajstić information content (AvgIpc) is 2.79. The van der Waals surface area contributed by atoms with Crippen LogP contribution in [0.15, 0.2) is 42.5 Å². The summed E-state index contributed by atoms with van der Waals surface area (Å²) < 4.78 is 2.23. The summed E-state index contributed by atoms with van der Waals surface area (Å²) in [7, 11) is 2.10. The summed E-state index contributed by atoms with van der Waals surface area (Å²) in [6, 6.07) is 14.1. The van der Waals surface area contributed by atoms with Gasteiger partial charge in [-0.1, -0.05) is 47.5 Å². The van der Waals surface area contributed by atoms with E-state index in [9.17, 15) is 0 Å². The van der Waals surface area contributed by atoms with E-state index >= 15 is 0 Å². The third-order valence-electron chi connectivity index (χ3n) is 4.62. The number of aryl methyl sites for hydroxylation is 1. The largest absolute Gasteiger partial charge is 0.348 e. The molecule has 4 heteroatoms. The molecule has 1 unspecified atom stereocenters. The van der Waals surface area contributed by atoms with Crippen LogP contribution in [0.5, 0.6) is 0 Å². The summed E-state index contributed by atoms with van der Waals surface area (Å²) in [4.78, 5) is 0. The van der Waals surface area contributed by atoms with E-state index in [4.69, 9.17) is 28.9 Å². The molecule has 2 N–H and O–H groups in total. The van der Waals surface area contributed by atoms with Gasteiger partial charge in [0, 0.05) is 39.6 Å². The first-order valence-corrected chi connectivity index (χ1v) is 8.46. The normalized spacial score (nSPS) is 12.7. The lowest BCUT2D eigenvalue weighted by atomic mass is 9.90. The Kier molecular flexibility index (Phi) is 4.67. The third-order valence-corrected chi connectivity index (χ3v) is 5.21. The summed E-state index contributed by atoms with van der Waals surface area (Å²) >= 11 is 12.3. The number of para-hydroxylation sites is 1. The highest BCUT2D eigenvalue weighted by molar-refractivity contribution is 6.35. The first-order valence-electron chi connectivity index (χ1n) is 7.70. The first kappa shape index (κ1) is 16.4. The fourth-order valence-electron chi connectivity index (χ4n) is 3.32. The van der Waals surface area contributed by atoms with E-state index in [1.165, 1.54) is 22.2 Å². The van der Waals surface area contributed by atoms with Crippen LogP contribution in [-0.2, 0) is 13.5 Å². The number of hydrogen-bond donors (Lipinski definition) is 1. The Hall–Kier alpha value is -1.48. The smallest absolute Gasteiger partial charge is 0.0482 e. The average molecular weight is 347 g/mol. The van der Waals surface area contributed by atoms with E-state index < -0.39 is 0 Å². The molecule has 3 rings (SSSR count). The molecule has 0 fully saturated rings. The second kappa shape index (κ2) is 6.56. The minimum Gasteiger partial charge on any atom is -0.348 e. The lowest BCUT2D eigenvalue weighted by Gasteiger charge is -2.17. The van der Waals surface area contributed by atoms with E-state index in [1.54, 1.807) is 6.07 Å². The second-order valence-corrected chi connectivity index (χ2v) is 6.79. The predicted molar refractivity (Wildman–Crippen MR) is 99.6 cm³/mol. The minimum atomic E-state index is 0.222. The Morgan fingerprint density at radius 1 is 1.13 bits per heavy atom. The molecule has 0 spiro atoms. The summed E-state index contributed by atoms with van der Waals surface area (Å²) in [6.45, 7) is 2.73. The van der Waals surface area contributed by atoms with Gasteiger partial charge in [-0.2, -0.15) is 0 Å². The zero-order chi connectivity index (χ0) is 16.6. The first-order chi connectivity index (χ1) is 11.0. The molecule has 120 valence electrons. The maximum atomic E-state index is 6.35. The van der Waals surface area contributed by atoms with Crippen molar-refractivity contribution in [1.82, 2.24) is 4.57 Å². The molecular formula is C19H20Cl2N2. The van der Waals surface area contributed by atoms with Crippen LogP contribution >= 0.6 is 23.2 Å². The summed E-state index contributed by atoms with van der Waals surface area (Å²) in [6.07, 6.45) is 0.807. The van der Waals surface area contributed by atoms with E-state index in [1.807, 2.05) is 12.1 Å². The maximum absolute atomic E-state index is 6.35. The van der Waals surface area contributed by atoms with Gasteiger partial charge in [0.1, 0.15) is 0 Å². The Morgan fingerprint density at radius 3 is 2.57 bits per heavy atom. The van der Waals surface area contributed by atoms with Gasteiger partial charge in [-0.15, -0.1) is 0 Å². The highest BCUT2D eigenvalue weighted by Crippen LogP contribution is 2.34. The molecule has 0 aliphatic carbocycles. The number of nitrogens with zero attached hydrogens (tertiary/aromatic N) is 1. The van der Waals surface area contributed by atoms with E-state index in [0.717, 1.165) is 12.0 Å². The number of halogens is 2. The Bertz CT molecular complexity index is 852. The topological polar surface area (TPSA) is 30.9 Å². The van der Waals surface area contributed by atoms with Crippen molar-refractivity contribution in [2.75, 3.05) is 6.54 Å². The van der Waals surface area contributed by atoms with Crippen molar-refractivity contribution in [3.63, 3.8) is 0 Å². The fourth-order valence-corrected chi connectivity index (χ4v) is 3.81. The molecule has 0 radical (unpaired) electrons.